The van der Waals surface area contributed by atoms with Gasteiger partial charge in [-0.1, -0.05) is 87.7 Å². The van der Waals surface area contributed by atoms with Crippen molar-refractivity contribution in [2.75, 3.05) is 61.3 Å². The number of benzene rings is 2. The van der Waals surface area contributed by atoms with E-state index in [9.17, 15) is 91.1 Å². The summed E-state index contributed by atoms with van der Waals surface area (Å²) in [6, 6.07) is 1.90. The van der Waals surface area contributed by atoms with Crippen molar-refractivity contribution in [1.29, 1.82) is 0 Å². The van der Waals surface area contributed by atoms with E-state index in [1.54, 1.807) is 13.8 Å². The van der Waals surface area contributed by atoms with Crippen LogP contribution < -0.4 is 64.2 Å². The zero-order valence-electron chi connectivity index (χ0n) is 62.3. The molecule has 2 aromatic carbocycles. The lowest BCUT2D eigenvalue weighted by atomic mass is 9.98. The van der Waals surface area contributed by atoms with Gasteiger partial charge >= 0.3 is 41.9 Å². The number of ether oxygens (including phenoxy) is 7. The Morgan fingerprint density at radius 2 is 0.761 bits per heavy atom. The summed E-state index contributed by atoms with van der Waals surface area (Å²) in [4.78, 5) is 237. The zero-order valence-corrected chi connectivity index (χ0v) is 62.3. The minimum absolute atomic E-state index is 0.0132. The average Bonchev–Trinajstić information content (AvgIpc) is 1.62. The number of carbonyl (C=O) groups excluding carboxylic acids is 19. The highest BCUT2D eigenvalue weighted by Gasteiger charge is 2.36. The number of ketones is 2. The highest BCUT2D eigenvalue weighted by molar-refractivity contribution is 5.99. The first kappa shape index (κ1) is 93.1. The third-order valence-electron chi connectivity index (χ3n) is 15.9. The molecule has 10 unspecified atom stereocenters. The summed E-state index contributed by atoms with van der Waals surface area (Å²) in [7, 11) is 4.29. The number of Topliss-reactive ketones (excluding diaryl/α,β-unsaturated/α-hetero) is 2. The van der Waals surface area contributed by atoms with Crippen LogP contribution in [0.15, 0.2) is 73.8 Å². The molecule has 0 aliphatic heterocycles. The van der Waals surface area contributed by atoms with Gasteiger partial charge in [0.05, 0.1) is 73.3 Å². The van der Waals surface area contributed by atoms with Gasteiger partial charge in [-0.05, 0) is 75.6 Å². The molecular formula is C71H98N12O26. The number of hydrogen-bond donors (Lipinski definition) is 12. The third kappa shape index (κ3) is 33.6. The second-order valence-electron chi connectivity index (χ2n) is 24.3. The molecule has 109 heavy (non-hydrogen) atoms. The first-order valence-electron chi connectivity index (χ1n) is 34.3. The number of hydrogen-bond acceptors (Lipinski definition) is 27. The van der Waals surface area contributed by atoms with Crippen LogP contribution in [0.3, 0.4) is 0 Å². The molecule has 13 N–H and O–H groups in total. The maximum Gasteiger partial charge on any atom is 0.407 e. The number of fused-ring (bicyclic) bond motifs is 3. The number of nitrogens with one attached hydrogen (secondary N) is 11. The molecule has 0 spiro atoms. The molecule has 38 nitrogen and oxygen atoms in total. The number of alkyl carbamates (subject to hydrolysis) is 1. The van der Waals surface area contributed by atoms with Crippen LogP contribution in [0.5, 0.6) is 0 Å². The van der Waals surface area contributed by atoms with E-state index in [-0.39, 0.29) is 75.8 Å². The van der Waals surface area contributed by atoms with Crippen LogP contribution in [-0.2, 0) is 119 Å². The number of nitrogens with two attached hydrogens (primary N) is 1. The van der Waals surface area contributed by atoms with Crippen molar-refractivity contribution < 1.29 is 124 Å². The fourth-order valence-electron chi connectivity index (χ4n) is 9.87. The number of rotatable bonds is 45. The molecular weight excluding hydrogens is 1440 g/mol. The normalized spacial score (nSPS) is 13.6. The van der Waals surface area contributed by atoms with Crippen LogP contribution in [0.25, 0.3) is 11.1 Å². The molecule has 10 atom stereocenters. The summed E-state index contributed by atoms with van der Waals surface area (Å²) in [6.07, 6.45) is -0.796. The molecule has 0 saturated heterocycles. The van der Waals surface area contributed by atoms with Gasteiger partial charge < -0.3 is 107 Å². The van der Waals surface area contributed by atoms with Crippen molar-refractivity contribution >= 4 is 113 Å². The fraction of sp³-hybridized carbons (Fsp3) is 0.507. The van der Waals surface area contributed by atoms with Crippen LogP contribution in [0.2, 0.25) is 0 Å². The molecule has 0 fully saturated rings. The summed E-state index contributed by atoms with van der Waals surface area (Å²) >= 11 is 0. The molecule has 598 valence electrons. The van der Waals surface area contributed by atoms with E-state index in [2.05, 4.69) is 90.6 Å². The van der Waals surface area contributed by atoms with Gasteiger partial charge in [0.15, 0.2) is 0 Å². The second kappa shape index (κ2) is 49.0. The van der Waals surface area contributed by atoms with Gasteiger partial charge in [0.25, 0.3) is 0 Å². The smallest absolute Gasteiger partial charge is 0.407 e. The van der Waals surface area contributed by atoms with Gasteiger partial charge in [-0.2, -0.15) is 0 Å². The van der Waals surface area contributed by atoms with Gasteiger partial charge in [-0.25, -0.2) is 14.4 Å². The lowest BCUT2D eigenvalue weighted by Gasteiger charge is -2.23. The standard InChI is InChI=1S/C43H54N6O14.C28H44N6O12/c1-7-19-62-42(58)32(18-17-24(3)50)47-40(56)31(8-2)46-35(51)22-44-39(55)33(20-36(52)60-5)48-38(54)25(4)45-41(57)34(21-37(53)61-6)49-43(59)63-23-30-28-15-11-9-13-26(28)27-14-10-12-16-29(27)30;1-7-11-46-28(43)19(10-9-15(3)35)33-27(42)18(8-2)32-21(36)14-30-26(41)20(13-23(38)45-6)34-24(39)16(4)31-25(40)17(29)12-22(37)44-5/h7,9-16,25,30-34H,1,8,17-23H2,2-6H3,(H,44,55)(H,45,57)(H,46,51)(H,47,56)(H,48,54)(H,49,59);7,16-20H,1,8-14,29H2,2-6H3,(H,30,41)(H,31,40)(H,32,36)(H,33,42)(H,34,39). The van der Waals surface area contributed by atoms with Crippen LogP contribution in [0.4, 0.5) is 4.79 Å². The Labute approximate surface area is 628 Å². The largest absolute Gasteiger partial charge is 0.469 e. The lowest BCUT2D eigenvalue weighted by Crippen LogP contribution is -2.57. The second-order valence-corrected chi connectivity index (χ2v) is 24.3. The van der Waals surface area contributed by atoms with E-state index in [1.165, 1.54) is 39.8 Å². The molecule has 0 bridgehead atoms. The first-order valence-corrected chi connectivity index (χ1v) is 34.3. The van der Waals surface area contributed by atoms with E-state index >= 15 is 0 Å². The lowest BCUT2D eigenvalue weighted by molar-refractivity contribution is -0.147. The maximum absolute atomic E-state index is 13.4. The maximum atomic E-state index is 13.4. The monoisotopic (exact) mass is 1530 g/mol. The SMILES string of the molecule is C=CCOC(=O)C(CCC(C)=O)NC(=O)C(CC)NC(=O)CNC(=O)C(CC(=O)OC)NC(=O)C(C)NC(=O)C(CC(=O)OC)NC(=O)OCC1c2ccccc2-c2ccccc21.C=CCOC(=O)C(CCC(C)=O)NC(=O)C(CC)NC(=O)CNC(=O)C(CC(=O)OC)NC(=O)C(C)NC(=O)C(N)CC(=O)OC. The van der Waals surface area contributed by atoms with Gasteiger partial charge in [0.1, 0.15) is 85.8 Å². The van der Waals surface area contributed by atoms with E-state index < -0.39 is 200 Å². The molecule has 3 rings (SSSR count). The molecule has 11 amide bonds. The Balaban J connectivity index is 0.000000780. The third-order valence-corrected chi connectivity index (χ3v) is 15.9. The Bertz CT molecular complexity index is 3580. The van der Waals surface area contributed by atoms with Crippen molar-refractivity contribution in [3.05, 3.63) is 85.0 Å². The Kier molecular flexibility index (Phi) is 41.8. The van der Waals surface area contributed by atoms with Crippen LogP contribution in [0, 0.1) is 0 Å². The highest BCUT2D eigenvalue weighted by Crippen LogP contribution is 2.44. The molecule has 38 heteroatoms. The average molecular weight is 1540 g/mol. The molecule has 2 aromatic rings. The van der Waals surface area contributed by atoms with Crippen molar-refractivity contribution in [2.45, 2.75) is 172 Å². The molecule has 0 radical (unpaired) electrons. The fourth-order valence-corrected chi connectivity index (χ4v) is 9.87. The molecule has 1 aliphatic carbocycles. The summed E-state index contributed by atoms with van der Waals surface area (Å²) in [5.41, 5.74) is 9.50. The highest BCUT2D eigenvalue weighted by atomic mass is 16.6. The number of methoxy groups -OCH3 is 4. The van der Waals surface area contributed by atoms with Crippen LogP contribution in [-0.4, -0.2) is 234 Å². The van der Waals surface area contributed by atoms with Gasteiger partial charge in [-0.3, -0.25) is 67.1 Å². The van der Waals surface area contributed by atoms with Gasteiger partial charge in [-0.15, -0.1) is 0 Å². The predicted octanol–water partition coefficient (Wildman–Crippen LogP) is -2.37. The number of esters is 6. The van der Waals surface area contributed by atoms with Crippen LogP contribution in [0.1, 0.15) is 123 Å². The number of carbonyl (C=O) groups is 19. The zero-order chi connectivity index (χ0) is 82.0. The Morgan fingerprint density at radius 3 is 1.12 bits per heavy atom. The summed E-state index contributed by atoms with van der Waals surface area (Å²) < 4.78 is 33.8. The van der Waals surface area contributed by atoms with E-state index in [0.717, 1.165) is 50.7 Å². The minimum Gasteiger partial charge on any atom is -0.469 e. The summed E-state index contributed by atoms with van der Waals surface area (Å²) in [6.45, 7) is 13.4. The van der Waals surface area contributed by atoms with Gasteiger partial charge in [0.2, 0.25) is 59.1 Å². The number of amides is 11. The van der Waals surface area contributed by atoms with E-state index in [1.807, 2.05) is 48.5 Å². The van der Waals surface area contributed by atoms with E-state index in [0.29, 0.717) is 0 Å². The molecule has 1 aliphatic rings. The first-order chi connectivity index (χ1) is 51.6. The minimum atomic E-state index is -1.63. The summed E-state index contributed by atoms with van der Waals surface area (Å²) in [5.74, 6) is -14.7. The van der Waals surface area contributed by atoms with Crippen molar-refractivity contribution in [3.63, 3.8) is 0 Å². The van der Waals surface area contributed by atoms with Crippen molar-refractivity contribution in [1.82, 2.24) is 58.5 Å². The Hall–Kier alpha value is -12.0. The van der Waals surface area contributed by atoms with Crippen molar-refractivity contribution in [3.8, 4) is 11.1 Å². The summed E-state index contributed by atoms with van der Waals surface area (Å²) in [5, 5.41) is 25.8. The topological polar surface area (TPSA) is 547 Å². The van der Waals surface area contributed by atoms with Gasteiger partial charge in [0, 0.05) is 18.8 Å². The van der Waals surface area contributed by atoms with Crippen molar-refractivity contribution in [2.24, 2.45) is 5.73 Å². The molecule has 0 aromatic heterocycles. The quantitative estimate of drug-likeness (QED) is 0.0187. The van der Waals surface area contributed by atoms with E-state index in [4.69, 9.17) is 19.9 Å². The predicted molar refractivity (Wildman–Crippen MR) is 382 cm³/mol. The molecule has 0 saturated carbocycles. The Morgan fingerprint density at radius 1 is 0.422 bits per heavy atom. The molecule has 0 heterocycles. The van der Waals surface area contributed by atoms with Crippen LogP contribution >= 0.6 is 0 Å².